The smallest absolute Gasteiger partial charge is 0.317 e. The van der Waals surface area contributed by atoms with Gasteiger partial charge >= 0.3 is 12.4 Å². The van der Waals surface area contributed by atoms with E-state index in [2.05, 4.69) is 12.3 Å². The molecule has 1 nitrogen and oxygen atoms in total. The zero-order chi connectivity index (χ0) is 11.6. The second-order valence-corrected chi connectivity index (χ2v) is 2.39. The van der Waals surface area contributed by atoms with E-state index in [0.717, 1.165) is 0 Å². The highest BCUT2D eigenvalue weighted by atomic mass is 19.4. The van der Waals surface area contributed by atoms with Gasteiger partial charge in [-0.25, -0.2) is 0 Å². The third-order valence-corrected chi connectivity index (χ3v) is 1.28. The minimum Gasteiger partial charge on any atom is -0.317 e. The maximum Gasteiger partial charge on any atom is 0.416 e. The Morgan fingerprint density at radius 1 is 1.14 bits per heavy atom. The van der Waals surface area contributed by atoms with Crippen LogP contribution in [0, 0.1) is 0 Å². The van der Waals surface area contributed by atoms with Crippen LogP contribution in [0.2, 0.25) is 0 Å². The van der Waals surface area contributed by atoms with Crippen molar-refractivity contribution in [3.63, 3.8) is 0 Å². The van der Waals surface area contributed by atoms with Gasteiger partial charge in [-0.3, -0.25) is 0 Å². The maximum atomic E-state index is 11.9. The summed E-state index contributed by atoms with van der Waals surface area (Å²) in [6, 6.07) is -2.64. The van der Waals surface area contributed by atoms with Gasteiger partial charge in [0.05, 0.1) is 5.57 Å². The molecule has 1 atom stereocenters. The van der Waals surface area contributed by atoms with Gasteiger partial charge in [0.1, 0.15) is 6.04 Å². The Kier molecular flexibility index (Phi) is 3.75. The Morgan fingerprint density at radius 3 is 1.79 bits per heavy atom. The van der Waals surface area contributed by atoms with Crippen LogP contribution in [-0.2, 0) is 0 Å². The Labute approximate surface area is 75.9 Å². The van der Waals surface area contributed by atoms with E-state index >= 15 is 0 Å². The van der Waals surface area contributed by atoms with E-state index in [1.54, 1.807) is 0 Å². The summed E-state index contributed by atoms with van der Waals surface area (Å²) in [5, 5.41) is 0. The minimum atomic E-state index is -4.89. The average Bonchev–Trinajstić information content (AvgIpc) is 1.95. The van der Waals surface area contributed by atoms with Gasteiger partial charge in [0.25, 0.3) is 0 Å². The highest BCUT2D eigenvalue weighted by Crippen LogP contribution is 2.29. The van der Waals surface area contributed by atoms with E-state index in [9.17, 15) is 26.3 Å². The maximum absolute atomic E-state index is 11.9. The number of hydrogen-bond acceptors (Lipinski definition) is 1. The molecule has 0 heterocycles. The second-order valence-electron chi connectivity index (χ2n) is 2.39. The Morgan fingerprint density at radius 2 is 1.57 bits per heavy atom. The van der Waals surface area contributed by atoms with E-state index in [4.69, 9.17) is 0 Å². The number of halogens is 6. The first-order chi connectivity index (χ1) is 6.09. The first-order valence-electron chi connectivity index (χ1n) is 3.32. The lowest BCUT2D eigenvalue weighted by Gasteiger charge is -2.14. The highest BCUT2D eigenvalue weighted by molar-refractivity contribution is 5.24. The molecule has 0 aromatic carbocycles. The zero-order valence-electron chi connectivity index (χ0n) is 6.78. The van der Waals surface area contributed by atoms with Crippen molar-refractivity contribution >= 4 is 0 Å². The normalized spacial score (nSPS) is 16.6. The minimum absolute atomic E-state index is 0.118. The zero-order valence-corrected chi connectivity index (χ0v) is 6.78. The van der Waals surface area contributed by atoms with Crippen LogP contribution in [0.25, 0.3) is 0 Å². The van der Waals surface area contributed by atoms with Crippen molar-refractivity contribution < 1.29 is 26.3 Å². The van der Waals surface area contributed by atoms with Crippen LogP contribution >= 0.6 is 0 Å². The van der Waals surface area contributed by atoms with Crippen LogP contribution in [0.3, 0.4) is 0 Å². The summed E-state index contributed by atoms with van der Waals surface area (Å²) >= 11 is 0. The molecule has 0 bridgehead atoms. The van der Waals surface area contributed by atoms with Crippen molar-refractivity contribution in [1.29, 1.82) is 0 Å². The van der Waals surface area contributed by atoms with Gasteiger partial charge in [-0.1, -0.05) is 12.7 Å². The van der Waals surface area contributed by atoms with Gasteiger partial charge in [0, 0.05) is 0 Å². The molecule has 82 valence electrons. The van der Waals surface area contributed by atoms with Gasteiger partial charge in [-0.2, -0.15) is 26.3 Å². The molecule has 0 aromatic rings. The number of nitrogens with two attached hydrogens (primary N) is 1. The molecule has 7 heteroatoms. The van der Waals surface area contributed by atoms with Crippen molar-refractivity contribution in [2.24, 2.45) is 5.73 Å². The fourth-order valence-electron chi connectivity index (χ4n) is 0.566. The molecule has 0 aliphatic heterocycles. The van der Waals surface area contributed by atoms with Crippen LogP contribution < -0.4 is 5.73 Å². The topological polar surface area (TPSA) is 26.0 Å². The number of allylic oxidation sites excluding steroid dienone is 2. The number of hydrogen-bond donors (Lipinski definition) is 1. The molecule has 0 saturated heterocycles. The fraction of sp³-hybridized carbons (Fsp3) is 0.429. The van der Waals surface area contributed by atoms with E-state index < -0.39 is 24.0 Å². The van der Waals surface area contributed by atoms with Crippen LogP contribution in [0.4, 0.5) is 26.3 Å². The van der Waals surface area contributed by atoms with Gasteiger partial charge in [0.2, 0.25) is 0 Å². The summed E-state index contributed by atoms with van der Waals surface area (Å²) in [5.74, 6) is 0. The largest absolute Gasteiger partial charge is 0.416 e. The first kappa shape index (κ1) is 13.0. The second kappa shape index (κ2) is 4.04. The highest BCUT2D eigenvalue weighted by Gasteiger charge is 2.39. The number of rotatable bonds is 2. The predicted molar refractivity (Wildman–Crippen MR) is 38.4 cm³/mol. The molecule has 0 saturated carbocycles. The molecule has 0 aliphatic carbocycles. The van der Waals surface area contributed by atoms with Crippen molar-refractivity contribution in [2.75, 3.05) is 0 Å². The Bertz CT molecular complexity index is 236. The summed E-state index contributed by atoms with van der Waals surface area (Å²) in [5.41, 5.74) is 2.98. The number of alkyl halides is 6. The third-order valence-electron chi connectivity index (χ3n) is 1.28. The fourth-order valence-corrected chi connectivity index (χ4v) is 0.566. The molecule has 14 heavy (non-hydrogen) atoms. The van der Waals surface area contributed by atoms with Crippen LogP contribution in [-0.4, -0.2) is 18.4 Å². The molecular formula is C7H7F6N. The molecule has 0 amide bonds. The van der Waals surface area contributed by atoms with Crippen molar-refractivity contribution in [1.82, 2.24) is 0 Å². The van der Waals surface area contributed by atoms with Crippen molar-refractivity contribution in [2.45, 2.75) is 18.4 Å². The summed E-state index contributed by atoms with van der Waals surface area (Å²) < 4.78 is 71.0. The molecule has 1 unspecified atom stereocenters. The van der Waals surface area contributed by atoms with E-state index in [0.29, 0.717) is 0 Å². The van der Waals surface area contributed by atoms with Gasteiger partial charge in [-0.15, -0.1) is 0 Å². The lowest BCUT2D eigenvalue weighted by atomic mass is 10.1. The lowest BCUT2D eigenvalue weighted by molar-refractivity contribution is -0.138. The molecule has 0 fully saturated rings. The predicted octanol–water partition coefficient (Wildman–Crippen LogP) is 2.55. The molecule has 2 N–H and O–H groups in total. The third kappa shape index (κ3) is 3.82. The van der Waals surface area contributed by atoms with E-state index in [-0.39, 0.29) is 12.2 Å². The molecular weight excluding hydrogens is 212 g/mol. The van der Waals surface area contributed by atoms with Crippen molar-refractivity contribution in [3.05, 3.63) is 24.3 Å². The first-order valence-corrected chi connectivity index (χ1v) is 3.32. The summed E-state index contributed by atoms with van der Waals surface area (Å²) in [6.45, 7) is 2.75. The van der Waals surface area contributed by atoms with E-state index in [1.807, 2.05) is 0 Å². The van der Waals surface area contributed by atoms with Gasteiger partial charge in [0.15, 0.2) is 0 Å². The average molecular weight is 219 g/mol. The van der Waals surface area contributed by atoms with Gasteiger partial charge < -0.3 is 5.73 Å². The van der Waals surface area contributed by atoms with Crippen LogP contribution in [0.5, 0.6) is 0 Å². The lowest BCUT2D eigenvalue weighted by Crippen LogP contribution is -2.36. The molecule has 0 spiro atoms. The van der Waals surface area contributed by atoms with Crippen LogP contribution in [0.15, 0.2) is 24.3 Å². The SMILES string of the molecule is C=C/C(=C\C(N)C(F)(F)F)C(F)(F)F. The quantitative estimate of drug-likeness (QED) is 0.560. The molecule has 0 rings (SSSR count). The monoisotopic (exact) mass is 219 g/mol. The summed E-state index contributed by atoms with van der Waals surface area (Å²) in [6.07, 6.45) is -9.59. The summed E-state index contributed by atoms with van der Waals surface area (Å²) in [4.78, 5) is 0. The Balaban J connectivity index is 4.88. The van der Waals surface area contributed by atoms with E-state index in [1.165, 1.54) is 0 Å². The molecule has 0 radical (unpaired) electrons. The van der Waals surface area contributed by atoms with Gasteiger partial charge in [-0.05, 0) is 6.08 Å². The van der Waals surface area contributed by atoms with Crippen molar-refractivity contribution in [3.8, 4) is 0 Å². The Hall–Kier alpha value is -0.980. The standard InChI is InChI=1S/C7H7F6N/c1-2-4(6(8,9)10)3-5(14)7(11,12)13/h2-3,5H,1,14H2/b4-3+. The summed E-state index contributed by atoms with van der Waals surface area (Å²) in [7, 11) is 0. The molecule has 0 aliphatic rings. The molecule has 0 aromatic heterocycles. The van der Waals surface area contributed by atoms with Crippen LogP contribution in [0.1, 0.15) is 0 Å².